The molecule has 4 fully saturated rings. The second-order valence-electron chi connectivity index (χ2n) is 9.12. The van der Waals surface area contributed by atoms with E-state index in [4.69, 9.17) is 14.4 Å². The van der Waals surface area contributed by atoms with Crippen LogP contribution in [0.15, 0.2) is 60.7 Å². The fraction of sp³-hybridized carbons (Fsp3) is 0.520. The molecule has 5 unspecified atom stereocenters. The topological polar surface area (TPSA) is 30.9 Å². The molecule has 7 atom stereocenters. The molecule has 0 amide bonds. The summed E-state index contributed by atoms with van der Waals surface area (Å²) < 4.78 is 6.79. The largest absolute Gasteiger partial charge is 0.347 e. The van der Waals surface area contributed by atoms with E-state index in [1.54, 1.807) is 5.23 Å². The summed E-state index contributed by atoms with van der Waals surface area (Å²) >= 11 is 0. The summed E-state index contributed by atoms with van der Waals surface area (Å²) in [4.78, 5) is 12.2. The molecule has 2 aliphatic heterocycles. The highest BCUT2D eigenvalue weighted by Gasteiger charge is 2.59. The fourth-order valence-electron chi connectivity index (χ4n) is 6.23. The highest BCUT2D eigenvalue weighted by Crippen LogP contribution is 2.55. The third-order valence-corrected chi connectivity index (χ3v) is 7.53. The van der Waals surface area contributed by atoms with Crippen LogP contribution in [-0.2, 0) is 14.4 Å². The molecule has 0 radical (unpaired) electrons. The summed E-state index contributed by atoms with van der Waals surface area (Å²) in [5.41, 5.74) is 2.79. The van der Waals surface area contributed by atoms with E-state index >= 15 is 0 Å². The quantitative estimate of drug-likeness (QED) is 0.731. The number of benzene rings is 2. The minimum absolute atomic E-state index is 0.212. The number of hydrogen-bond acceptors (Lipinski definition) is 4. The zero-order chi connectivity index (χ0) is 19.2. The number of rotatable bonds is 4. The standard InChI is InChI=1S/C25H29NO3/c1-3-9-17(10-4-1)20-13-7-8-14-22(20)28-25-21-15-19-16-27-26(29-25)24(19)23(21)18-11-5-2-6-12-18/h1-6,9-12,19-25H,7-8,13-16H2/t19?,20-,21?,22+,23?,24?,25?/m0/s1. The van der Waals surface area contributed by atoms with Gasteiger partial charge in [-0.25, -0.2) is 4.84 Å². The maximum Gasteiger partial charge on any atom is 0.183 e. The lowest BCUT2D eigenvalue weighted by Crippen LogP contribution is -2.49. The molecule has 4 heteroatoms. The zero-order valence-electron chi connectivity index (χ0n) is 16.7. The number of fused-ring (bicyclic) bond motifs is 1. The van der Waals surface area contributed by atoms with Gasteiger partial charge >= 0.3 is 0 Å². The molecule has 2 aromatic rings. The van der Waals surface area contributed by atoms with Gasteiger partial charge in [0.1, 0.15) is 0 Å². The molecule has 29 heavy (non-hydrogen) atoms. The van der Waals surface area contributed by atoms with E-state index in [-0.39, 0.29) is 12.4 Å². The molecule has 2 heterocycles. The maximum absolute atomic E-state index is 6.79. The Kier molecular flexibility index (Phi) is 4.68. The molecule has 0 N–H and O–H groups in total. The lowest BCUT2D eigenvalue weighted by atomic mass is 9.81. The zero-order valence-corrected chi connectivity index (χ0v) is 16.7. The highest BCUT2D eigenvalue weighted by molar-refractivity contribution is 5.26. The van der Waals surface area contributed by atoms with E-state index in [1.807, 2.05) is 0 Å². The highest BCUT2D eigenvalue weighted by atomic mass is 17.0. The molecule has 152 valence electrons. The van der Waals surface area contributed by atoms with Gasteiger partial charge in [0.25, 0.3) is 0 Å². The Labute approximate surface area is 172 Å². The SMILES string of the molecule is c1ccc(C2C3CC4CON(OC3O[C@@H]3CCCC[C@H]3c3ccccc3)C42)cc1. The Bertz CT molecular complexity index is 828. The fourth-order valence-corrected chi connectivity index (χ4v) is 6.23. The van der Waals surface area contributed by atoms with Crippen LogP contribution in [0.3, 0.4) is 0 Å². The van der Waals surface area contributed by atoms with Gasteiger partial charge in [-0.15, -0.1) is 0 Å². The number of hydrogen-bond donors (Lipinski definition) is 0. The summed E-state index contributed by atoms with van der Waals surface area (Å²) in [5, 5.41) is 1.79. The molecule has 2 aromatic carbocycles. The van der Waals surface area contributed by atoms with Crippen molar-refractivity contribution in [1.29, 1.82) is 0 Å². The molecule has 0 spiro atoms. The van der Waals surface area contributed by atoms with Crippen molar-refractivity contribution in [3.63, 3.8) is 0 Å². The van der Waals surface area contributed by atoms with Gasteiger partial charge < -0.3 is 4.74 Å². The smallest absolute Gasteiger partial charge is 0.183 e. The molecular formula is C25H29NO3. The van der Waals surface area contributed by atoms with Crippen LogP contribution in [0.4, 0.5) is 0 Å². The number of ether oxygens (including phenoxy) is 1. The van der Waals surface area contributed by atoms with Crippen molar-refractivity contribution in [2.45, 2.75) is 62.4 Å². The van der Waals surface area contributed by atoms with E-state index in [0.29, 0.717) is 29.7 Å². The average Bonchev–Trinajstić information content (AvgIpc) is 3.31. The Hall–Kier alpha value is -1.72. The first-order valence-electron chi connectivity index (χ1n) is 11.2. The minimum atomic E-state index is -0.226. The van der Waals surface area contributed by atoms with Crippen LogP contribution >= 0.6 is 0 Å². The van der Waals surface area contributed by atoms with Gasteiger partial charge in [0.2, 0.25) is 0 Å². The van der Waals surface area contributed by atoms with Crippen molar-refractivity contribution in [3.05, 3.63) is 71.8 Å². The Morgan fingerprint density at radius 3 is 2.38 bits per heavy atom. The van der Waals surface area contributed by atoms with Crippen molar-refractivity contribution in [2.24, 2.45) is 11.8 Å². The molecule has 6 rings (SSSR count). The summed E-state index contributed by atoms with van der Waals surface area (Å²) in [6, 6.07) is 22.1. The van der Waals surface area contributed by atoms with Crippen LogP contribution in [0.1, 0.15) is 55.1 Å². The van der Waals surface area contributed by atoms with Crippen molar-refractivity contribution < 1.29 is 14.4 Å². The molecule has 0 aromatic heterocycles. The van der Waals surface area contributed by atoms with Crippen molar-refractivity contribution in [2.75, 3.05) is 6.61 Å². The first kappa shape index (κ1) is 18.1. The molecule has 2 aliphatic carbocycles. The predicted molar refractivity (Wildman–Crippen MR) is 110 cm³/mol. The summed E-state index contributed by atoms with van der Waals surface area (Å²) in [6.45, 7) is 0.771. The van der Waals surface area contributed by atoms with Crippen LogP contribution in [0.25, 0.3) is 0 Å². The lowest BCUT2D eigenvalue weighted by molar-refractivity contribution is -0.444. The molecule has 2 saturated carbocycles. The third-order valence-electron chi connectivity index (χ3n) is 7.53. The summed E-state index contributed by atoms with van der Waals surface area (Å²) in [5.74, 6) is 1.80. The van der Waals surface area contributed by atoms with Crippen LogP contribution in [0.5, 0.6) is 0 Å². The van der Waals surface area contributed by atoms with E-state index in [1.165, 1.54) is 30.4 Å². The first-order valence-corrected chi connectivity index (χ1v) is 11.2. The van der Waals surface area contributed by atoms with Crippen LogP contribution in [0, 0.1) is 11.8 Å². The van der Waals surface area contributed by atoms with Crippen molar-refractivity contribution in [3.8, 4) is 0 Å². The van der Waals surface area contributed by atoms with E-state index in [9.17, 15) is 0 Å². The van der Waals surface area contributed by atoms with Crippen molar-refractivity contribution >= 4 is 0 Å². The Morgan fingerprint density at radius 2 is 1.59 bits per heavy atom. The average molecular weight is 392 g/mol. The third kappa shape index (κ3) is 3.14. The molecular weight excluding hydrogens is 362 g/mol. The van der Waals surface area contributed by atoms with E-state index in [0.717, 1.165) is 19.4 Å². The van der Waals surface area contributed by atoms with Gasteiger partial charge in [-0.2, -0.15) is 0 Å². The molecule has 4 aliphatic rings. The minimum Gasteiger partial charge on any atom is -0.347 e. The summed E-state index contributed by atoms with van der Waals surface area (Å²) in [7, 11) is 0. The van der Waals surface area contributed by atoms with Gasteiger partial charge in [0.05, 0.1) is 18.8 Å². The molecule has 4 nitrogen and oxygen atoms in total. The first-order chi connectivity index (χ1) is 14.4. The number of hydroxylamine groups is 2. The maximum atomic E-state index is 6.79. The lowest BCUT2D eigenvalue weighted by Gasteiger charge is -2.43. The van der Waals surface area contributed by atoms with Gasteiger partial charge in [0, 0.05) is 23.7 Å². The molecule has 2 bridgehead atoms. The van der Waals surface area contributed by atoms with Gasteiger partial charge in [-0.05, 0) is 30.4 Å². The van der Waals surface area contributed by atoms with Crippen LogP contribution in [0.2, 0.25) is 0 Å². The normalized spacial score (nSPS) is 39.0. The Balaban J connectivity index is 1.27. The van der Waals surface area contributed by atoms with Gasteiger partial charge in [-0.1, -0.05) is 78.7 Å². The van der Waals surface area contributed by atoms with E-state index in [2.05, 4.69) is 60.7 Å². The summed E-state index contributed by atoms with van der Waals surface area (Å²) in [6.07, 6.45) is 5.92. The van der Waals surface area contributed by atoms with E-state index < -0.39 is 0 Å². The van der Waals surface area contributed by atoms with Crippen LogP contribution in [-0.4, -0.2) is 30.3 Å². The second-order valence-corrected chi connectivity index (χ2v) is 9.12. The van der Waals surface area contributed by atoms with Gasteiger partial charge in [-0.3, -0.25) is 4.84 Å². The number of nitrogens with zero attached hydrogens (tertiary/aromatic N) is 1. The van der Waals surface area contributed by atoms with Crippen molar-refractivity contribution in [1.82, 2.24) is 5.23 Å². The second kappa shape index (κ2) is 7.51. The monoisotopic (exact) mass is 391 g/mol. The van der Waals surface area contributed by atoms with Crippen LogP contribution < -0.4 is 0 Å². The van der Waals surface area contributed by atoms with Gasteiger partial charge in [0.15, 0.2) is 6.29 Å². The predicted octanol–water partition coefficient (Wildman–Crippen LogP) is 5.04. The Morgan fingerprint density at radius 1 is 0.862 bits per heavy atom. The molecule has 2 saturated heterocycles.